The van der Waals surface area contributed by atoms with E-state index in [4.69, 9.17) is 9.47 Å². The summed E-state index contributed by atoms with van der Waals surface area (Å²) in [5.74, 6) is 0.209. The van der Waals surface area contributed by atoms with Gasteiger partial charge in [-0.1, -0.05) is 0 Å². The summed E-state index contributed by atoms with van der Waals surface area (Å²) in [7, 11) is 0. The predicted octanol–water partition coefficient (Wildman–Crippen LogP) is 0.758. The Labute approximate surface area is 113 Å². The van der Waals surface area contributed by atoms with E-state index < -0.39 is 5.60 Å². The molecular weight excluding hydrogens is 248 g/mol. The number of morpholine rings is 1. The first-order chi connectivity index (χ1) is 8.85. The Hall–Kier alpha value is -1.30. The second-order valence-electron chi connectivity index (χ2n) is 6.10. The van der Waals surface area contributed by atoms with Gasteiger partial charge in [0.1, 0.15) is 5.60 Å². The van der Waals surface area contributed by atoms with Crippen LogP contribution in [-0.4, -0.2) is 54.8 Å². The van der Waals surface area contributed by atoms with Crippen molar-refractivity contribution < 1.29 is 19.1 Å². The van der Waals surface area contributed by atoms with E-state index in [1.54, 1.807) is 4.90 Å². The van der Waals surface area contributed by atoms with Gasteiger partial charge in [0.2, 0.25) is 5.91 Å². The third-order valence-corrected chi connectivity index (χ3v) is 3.28. The van der Waals surface area contributed by atoms with Gasteiger partial charge in [-0.15, -0.1) is 0 Å². The van der Waals surface area contributed by atoms with Crippen LogP contribution in [0.25, 0.3) is 0 Å². The summed E-state index contributed by atoms with van der Waals surface area (Å²) in [5, 5.41) is 2.80. The molecule has 6 heteroatoms. The monoisotopic (exact) mass is 270 g/mol. The first kappa shape index (κ1) is 14.1. The summed E-state index contributed by atoms with van der Waals surface area (Å²) in [6.45, 7) is 7.71. The molecule has 0 aromatic heterocycles. The van der Waals surface area contributed by atoms with Crippen LogP contribution in [0.1, 0.15) is 27.2 Å². The summed E-state index contributed by atoms with van der Waals surface area (Å²) < 4.78 is 11.0. The largest absolute Gasteiger partial charge is 0.444 e. The maximum absolute atomic E-state index is 12.0. The SMILES string of the molecule is CC(C)(C)OC(=O)N1CCOC(C2CNC(=O)C2)C1. The molecule has 0 bridgehead atoms. The van der Waals surface area contributed by atoms with Crippen LogP contribution in [-0.2, 0) is 14.3 Å². The van der Waals surface area contributed by atoms with Crippen LogP contribution < -0.4 is 5.32 Å². The Kier molecular flexibility index (Phi) is 3.99. The van der Waals surface area contributed by atoms with Gasteiger partial charge < -0.3 is 19.7 Å². The van der Waals surface area contributed by atoms with Crippen molar-refractivity contribution >= 4 is 12.0 Å². The zero-order chi connectivity index (χ0) is 14.0. The van der Waals surface area contributed by atoms with Gasteiger partial charge in [-0.2, -0.15) is 0 Å². The molecule has 6 nitrogen and oxygen atoms in total. The molecule has 2 rings (SSSR count). The average molecular weight is 270 g/mol. The van der Waals surface area contributed by atoms with Gasteiger partial charge in [-0.25, -0.2) is 4.79 Å². The molecule has 1 N–H and O–H groups in total. The van der Waals surface area contributed by atoms with E-state index in [-0.39, 0.29) is 24.0 Å². The van der Waals surface area contributed by atoms with Crippen molar-refractivity contribution in [3.05, 3.63) is 0 Å². The fourth-order valence-electron chi connectivity index (χ4n) is 2.34. The molecule has 0 aliphatic carbocycles. The van der Waals surface area contributed by atoms with E-state index in [0.717, 1.165) is 0 Å². The molecule has 2 atom stereocenters. The van der Waals surface area contributed by atoms with E-state index in [1.165, 1.54) is 0 Å². The van der Waals surface area contributed by atoms with Crippen LogP contribution in [0.5, 0.6) is 0 Å². The second-order valence-corrected chi connectivity index (χ2v) is 6.10. The maximum atomic E-state index is 12.0. The minimum Gasteiger partial charge on any atom is -0.444 e. The number of hydrogen-bond acceptors (Lipinski definition) is 4. The lowest BCUT2D eigenvalue weighted by Gasteiger charge is -2.36. The lowest BCUT2D eigenvalue weighted by atomic mass is 10.00. The number of rotatable bonds is 1. The van der Waals surface area contributed by atoms with E-state index >= 15 is 0 Å². The summed E-state index contributed by atoms with van der Waals surface area (Å²) in [6, 6.07) is 0. The molecule has 0 aromatic carbocycles. The quantitative estimate of drug-likeness (QED) is 0.764. The Morgan fingerprint density at radius 1 is 1.47 bits per heavy atom. The van der Waals surface area contributed by atoms with Gasteiger partial charge >= 0.3 is 6.09 Å². The highest BCUT2D eigenvalue weighted by Gasteiger charge is 2.35. The van der Waals surface area contributed by atoms with Crippen LogP contribution in [0.2, 0.25) is 0 Å². The molecule has 2 amide bonds. The van der Waals surface area contributed by atoms with Crippen LogP contribution in [0.4, 0.5) is 4.79 Å². The van der Waals surface area contributed by atoms with Gasteiger partial charge in [-0.3, -0.25) is 4.79 Å². The summed E-state index contributed by atoms with van der Waals surface area (Å²) in [4.78, 5) is 24.9. The molecule has 0 aromatic rings. The fourth-order valence-corrected chi connectivity index (χ4v) is 2.34. The Morgan fingerprint density at radius 3 is 2.79 bits per heavy atom. The van der Waals surface area contributed by atoms with Gasteiger partial charge in [0.25, 0.3) is 0 Å². The van der Waals surface area contributed by atoms with Crippen molar-refractivity contribution in [3.63, 3.8) is 0 Å². The summed E-state index contributed by atoms with van der Waals surface area (Å²) in [5.41, 5.74) is -0.490. The molecule has 2 heterocycles. The predicted molar refractivity (Wildman–Crippen MR) is 68.7 cm³/mol. The Morgan fingerprint density at radius 2 is 2.21 bits per heavy atom. The van der Waals surface area contributed by atoms with Crippen molar-refractivity contribution in [2.24, 2.45) is 5.92 Å². The fraction of sp³-hybridized carbons (Fsp3) is 0.846. The number of carbonyl (C=O) groups is 2. The molecule has 2 aliphatic rings. The number of ether oxygens (including phenoxy) is 2. The highest BCUT2D eigenvalue weighted by atomic mass is 16.6. The lowest BCUT2D eigenvalue weighted by Crippen LogP contribution is -2.50. The molecule has 108 valence electrons. The van der Waals surface area contributed by atoms with E-state index in [2.05, 4.69) is 5.32 Å². The zero-order valence-electron chi connectivity index (χ0n) is 11.8. The average Bonchev–Trinajstić information content (AvgIpc) is 2.74. The molecule has 2 aliphatic heterocycles. The second kappa shape index (κ2) is 5.36. The third kappa shape index (κ3) is 3.83. The van der Waals surface area contributed by atoms with E-state index in [0.29, 0.717) is 32.7 Å². The Balaban J connectivity index is 1.90. The van der Waals surface area contributed by atoms with Crippen molar-refractivity contribution in [2.45, 2.75) is 38.9 Å². The molecule has 2 unspecified atom stereocenters. The third-order valence-electron chi connectivity index (χ3n) is 3.28. The van der Waals surface area contributed by atoms with Gasteiger partial charge in [-0.05, 0) is 20.8 Å². The van der Waals surface area contributed by atoms with Crippen molar-refractivity contribution in [1.29, 1.82) is 0 Å². The first-order valence-electron chi connectivity index (χ1n) is 6.71. The van der Waals surface area contributed by atoms with Crippen LogP contribution in [0.15, 0.2) is 0 Å². The lowest BCUT2D eigenvalue weighted by molar-refractivity contribution is -0.120. The number of amides is 2. The molecule has 0 radical (unpaired) electrons. The molecular formula is C13H22N2O4. The Bertz CT molecular complexity index is 364. The van der Waals surface area contributed by atoms with Crippen molar-refractivity contribution in [2.75, 3.05) is 26.2 Å². The molecule has 0 saturated carbocycles. The van der Waals surface area contributed by atoms with Crippen molar-refractivity contribution in [1.82, 2.24) is 10.2 Å². The minimum atomic E-state index is -0.490. The molecule has 2 fully saturated rings. The van der Waals surface area contributed by atoms with Crippen LogP contribution in [0, 0.1) is 5.92 Å². The van der Waals surface area contributed by atoms with Crippen LogP contribution >= 0.6 is 0 Å². The summed E-state index contributed by atoms with van der Waals surface area (Å²) in [6.07, 6.45) is 0.0885. The van der Waals surface area contributed by atoms with E-state index in [1.807, 2.05) is 20.8 Å². The molecule has 2 saturated heterocycles. The highest BCUT2D eigenvalue weighted by molar-refractivity contribution is 5.78. The smallest absolute Gasteiger partial charge is 0.410 e. The topological polar surface area (TPSA) is 67.9 Å². The maximum Gasteiger partial charge on any atom is 0.410 e. The van der Waals surface area contributed by atoms with Gasteiger partial charge in [0.15, 0.2) is 0 Å². The molecule has 0 spiro atoms. The molecule has 19 heavy (non-hydrogen) atoms. The number of hydrogen-bond donors (Lipinski definition) is 1. The number of nitrogens with one attached hydrogen (secondary N) is 1. The first-order valence-corrected chi connectivity index (χ1v) is 6.71. The number of nitrogens with zero attached hydrogens (tertiary/aromatic N) is 1. The number of carbonyl (C=O) groups excluding carboxylic acids is 2. The summed E-state index contributed by atoms with van der Waals surface area (Å²) >= 11 is 0. The highest BCUT2D eigenvalue weighted by Crippen LogP contribution is 2.21. The van der Waals surface area contributed by atoms with Crippen molar-refractivity contribution in [3.8, 4) is 0 Å². The van der Waals surface area contributed by atoms with E-state index in [9.17, 15) is 9.59 Å². The van der Waals surface area contributed by atoms with Gasteiger partial charge in [0.05, 0.1) is 19.3 Å². The zero-order valence-corrected chi connectivity index (χ0v) is 11.8. The standard InChI is InChI=1S/C13H22N2O4/c1-13(2,3)19-12(17)15-4-5-18-10(8-15)9-6-11(16)14-7-9/h9-10H,4-8H2,1-3H3,(H,14,16). The normalized spacial score (nSPS) is 28.2. The van der Waals surface area contributed by atoms with Crippen LogP contribution in [0.3, 0.4) is 0 Å². The minimum absolute atomic E-state index is 0.0583. The van der Waals surface area contributed by atoms with Gasteiger partial charge in [0, 0.05) is 25.4 Å².